The monoisotopic (exact) mass is 302 g/mol. The van der Waals surface area contributed by atoms with Crippen LogP contribution in [0.1, 0.15) is 27.8 Å². The molecule has 114 valence electrons. The normalized spacial score (nSPS) is 11.5. The number of amides is 2. The predicted octanol–water partition coefficient (Wildman–Crippen LogP) is 1.73. The van der Waals surface area contributed by atoms with Gasteiger partial charge in [-0.2, -0.15) is 0 Å². The lowest BCUT2D eigenvalue weighted by Crippen LogP contribution is -2.38. The Balaban J connectivity index is 2.18. The van der Waals surface area contributed by atoms with Crippen molar-refractivity contribution in [2.45, 2.75) is 13.0 Å². The largest absolute Gasteiger partial charge is 0.480 e. The predicted molar refractivity (Wildman–Crippen MR) is 77.7 cm³/mol. The minimum atomic E-state index is -1.15. The van der Waals surface area contributed by atoms with E-state index in [2.05, 4.69) is 10.6 Å². The Kier molecular flexibility index (Phi) is 4.57. The van der Waals surface area contributed by atoms with Crippen LogP contribution in [-0.2, 0) is 4.79 Å². The number of furan rings is 1. The molecule has 0 aliphatic rings. The summed E-state index contributed by atoms with van der Waals surface area (Å²) in [5.41, 5.74) is 0.425. The molecule has 3 N–H and O–H groups in total. The molecule has 0 aliphatic carbocycles. The van der Waals surface area contributed by atoms with Crippen LogP contribution < -0.4 is 10.6 Å². The molecule has 7 heteroatoms. The van der Waals surface area contributed by atoms with Crippen molar-refractivity contribution in [1.82, 2.24) is 5.32 Å². The van der Waals surface area contributed by atoms with Gasteiger partial charge in [0.05, 0.1) is 17.5 Å². The topological polar surface area (TPSA) is 109 Å². The molecular weight excluding hydrogens is 288 g/mol. The smallest absolute Gasteiger partial charge is 0.325 e. The Bertz CT molecular complexity index is 694. The van der Waals surface area contributed by atoms with Crippen molar-refractivity contribution in [3.8, 4) is 0 Å². The molecule has 0 spiro atoms. The lowest BCUT2D eigenvalue weighted by Gasteiger charge is -2.12. The summed E-state index contributed by atoms with van der Waals surface area (Å²) in [7, 11) is 0. The third-order valence-electron chi connectivity index (χ3n) is 2.88. The van der Waals surface area contributed by atoms with Gasteiger partial charge < -0.3 is 20.2 Å². The summed E-state index contributed by atoms with van der Waals surface area (Å²) in [5, 5.41) is 13.7. The van der Waals surface area contributed by atoms with Crippen molar-refractivity contribution in [1.29, 1.82) is 0 Å². The van der Waals surface area contributed by atoms with Gasteiger partial charge in [-0.05, 0) is 31.2 Å². The molecule has 0 bridgehead atoms. The van der Waals surface area contributed by atoms with Gasteiger partial charge in [-0.25, -0.2) is 0 Å². The van der Waals surface area contributed by atoms with Crippen LogP contribution in [0, 0.1) is 0 Å². The van der Waals surface area contributed by atoms with E-state index < -0.39 is 23.8 Å². The Labute approximate surface area is 125 Å². The average molecular weight is 302 g/mol. The standard InChI is InChI=1S/C15H14N2O5/c1-9(15(20)21)16-13(18)10-5-2-3-6-11(10)17-14(19)12-7-4-8-22-12/h2-9H,1H3,(H,16,18)(H,17,19)(H,20,21)/t9-/m1/s1. The lowest BCUT2D eigenvalue weighted by molar-refractivity contribution is -0.138. The minimum Gasteiger partial charge on any atom is -0.480 e. The molecule has 0 fully saturated rings. The van der Waals surface area contributed by atoms with Crippen LogP contribution in [0.3, 0.4) is 0 Å². The van der Waals surface area contributed by atoms with Gasteiger partial charge in [0.25, 0.3) is 11.8 Å². The van der Waals surface area contributed by atoms with Crippen LogP contribution >= 0.6 is 0 Å². The number of carbonyl (C=O) groups excluding carboxylic acids is 2. The molecule has 0 saturated heterocycles. The van der Waals surface area contributed by atoms with Gasteiger partial charge in [0.2, 0.25) is 0 Å². The second-order valence-corrected chi connectivity index (χ2v) is 4.51. The molecule has 2 aromatic rings. The third kappa shape index (κ3) is 3.51. The number of rotatable bonds is 5. The highest BCUT2D eigenvalue weighted by atomic mass is 16.4. The van der Waals surface area contributed by atoms with E-state index in [0.717, 1.165) is 0 Å². The lowest BCUT2D eigenvalue weighted by atomic mass is 10.1. The van der Waals surface area contributed by atoms with E-state index in [-0.39, 0.29) is 17.0 Å². The van der Waals surface area contributed by atoms with Gasteiger partial charge in [0.1, 0.15) is 6.04 Å². The van der Waals surface area contributed by atoms with Crippen LogP contribution in [0.15, 0.2) is 47.1 Å². The Morgan fingerprint density at radius 1 is 1.09 bits per heavy atom. The summed E-state index contributed by atoms with van der Waals surface area (Å²) in [6.07, 6.45) is 1.36. The summed E-state index contributed by atoms with van der Waals surface area (Å²) in [6.45, 7) is 1.35. The van der Waals surface area contributed by atoms with E-state index in [1.54, 1.807) is 24.3 Å². The first-order valence-corrected chi connectivity index (χ1v) is 6.46. The SMILES string of the molecule is C[C@@H](NC(=O)c1ccccc1NC(=O)c1ccco1)C(=O)O. The van der Waals surface area contributed by atoms with Crippen molar-refractivity contribution in [2.24, 2.45) is 0 Å². The molecule has 0 radical (unpaired) electrons. The molecule has 0 unspecified atom stereocenters. The van der Waals surface area contributed by atoms with Crippen molar-refractivity contribution in [2.75, 3.05) is 5.32 Å². The van der Waals surface area contributed by atoms with Crippen molar-refractivity contribution in [3.05, 3.63) is 54.0 Å². The van der Waals surface area contributed by atoms with Crippen molar-refractivity contribution >= 4 is 23.5 Å². The summed E-state index contributed by atoms with van der Waals surface area (Å²) in [5.74, 6) is -2.14. The number of anilines is 1. The van der Waals surface area contributed by atoms with Crippen LogP contribution in [0.2, 0.25) is 0 Å². The van der Waals surface area contributed by atoms with Gasteiger partial charge in [-0.1, -0.05) is 12.1 Å². The zero-order chi connectivity index (χ0) is 16.1. The first kappa shape index (κ1) is 15.3. The van der Waals surface area contributed by atoms with Crippen LogP contribution in [-0.4, -0.2) is 28.9 Å². The maximum Gasteiger partial charge on any atom is 0.325 e. The van der Waals surface area contributed by atoms with E-state index in [1.807, 2.05) is 0 Å². The van der Waals surface area contributed by atoms with Gasteiger partial charge >= 0.3 is 5.97 Å². The maximum atomic E-state index is 12.1. The molecule has 2 rings (SSSR count). The number of para-hydroxylation sites is 1. The van der Waals surface area contributed by atoms with Crippen LogP contribution in [0.4, 0.5) is 5.69 Å². The number of hydrogen-bond acceptors (Lipinski definition) is 4. The van der Waals surface area contributed by atoms with E-state index in [4.69, 9.17) is 9.52 Å². The van der Waals surface area contributed by atoms with Crippen molar-refractivity contribution < 1.29 is 23.9 Å². The van der Waals surface area contributed by atoms with Crippen molar-refractivity contribution in [3.63, 3.8) is 0 Å². The highest BCUT2D eigenvalue weighted by Gasteiger charge is 2.19. The summed E-state index contributed by atoms with van der Waals surface area (Å²) in [6, 6.07) is 8.31. The van der Waals surface area contributed by atoms with Gasteiger partial charge in [0.15, 0.2) is 5.76 Å². The summed E-state index contributed by atoms with van der Waals surface area (Å²) >= 11 is 0. The number of carbonyl (C=O) groups is 3. The maximum absolute atomic E-state index is 12.1. The Morgan fingerprint density at radius 2 is 1.82 bits per heavy atom. The fourth-order valence-electron chi connectivity index (χ4n) is 1.72. The minimum absolute atomic E-state index is 0.106. The molecule has 7 nitrogen and oxygen atoms in total. The zero-order valence-corrected chi connectivity index (χ0v) is 11.7. The molecule has 0 aliphatic heterocycles. The van der Waals surface area contributed by atoms with Crippen LogP contribution in [0.5, 0.6) is 0 Å². The molecule has 2 amide bonds. The second kappa shape index (κ2) is 6.57. The second-order valence-electron chi connectivity index (χ2n) is 4.51. The van der Waals surface area contributed by atoms with Crippen LogP contribution in [0.25, 0.3) is 0 Å². The van der Waals surface area contributed by atoms with Gasteiger partial charge in [-0.3, -0.25) is 14.4 Å². The fraction of sp³-hybridized carbons (Fsp3) is 0.133. The molecular formula is C15H14N2O5. The Hall–Kier alpha value is -3.09. The molecule has 1 heterocycles. The van der Waals surface area contributed by atoms with E-state index in [1.165, 1.54) is 25.3 Å². The average Bonchev–Trinajstić information content (AvgIpc) is 3.01. The fourth-order valence-corrected chi connectivity index (χ4v) is 1.72. The Morgan fingerprint density at radius 3 is 2.45 bits per heavy atom. The zero-order valence-electron chi connectivity index (χ0n) is 11.7. The van der Waals surface area contributed by atoms with E-state index in [0.29, 0.717) is 0 Å². The molecule has 1 aromatic heterocycles. The summed E-state index contributed by atoms with van der Waals surface area (Å²) < 4.78 is 4.97. The number of carboxylic acids is 1. The number of nitrogens with one attached hydrogen (secondary N) is 2. The third-order valence-corrected chi connectivity index (χ3v) is 2.88. The summed E-state index contributed by atoms with van der Waals surface area (Å²) in [4.78, 5) is 34.8. The van der Waals surface area contributed by atoms with Gasteiger partial charge in [-0.15, -0.1) is 0 Å². The molecule has 1 aromatic carbocycles. The number of benzene rings is 1. The molecule has 22 heavy (non-hydrogen) atoms. The molecule has 1 atom stereocenters. The highest BCUT2D eigenvalue weighted by molar-refractivity contribution is 6.08. The number of aliphatic carboxylic acids is 1. The molecule has 0 saturated carbocycles. The quantitative estimate of drug-likeness (QED) is 0.779. The number of carboxylic acid groups (broad SMARTS) is 1. The first-order valence-electron chi connectivity index (χ1n) is 6.46. The highest BCUT2D eigenvalue weighted by Crippen LogP contribution is 2.16. The van der Waals surface area contributed by atoms with E-state index in [9.17, 15) is 14.4 Å². The van der Waals surface area contributed by atoms with E-state index >= 15 is 0 Å². The first-order chi connectivity index (χ1) is 10.5. The number of hydrogen-bond donors (Lipinski definition) is 3. The van der Waals surface area contributed by atoms with Gasteiger partial charge in [0, 0.05) is 0 Å².